The quantitative estimate of drug-likeness (QED) is 0.631. The fourth-order valence-electron chi connectivity index (χ4n) is 3.96. The lowest BCUT2D eigenvalue weighted by Crippen LogP contribution is -2.53. The van der Waals surface area contributed by atoms with Crippen LogP contribution in [0.4, 0.5) is 11.8 Å². The van der Waals surface area contributed by atoms with Crippen molar-refractivity contribution in [3.05, 3.63) is 47.1 Å². The highest BCUT2D eigenvalue weighted by Crippen LogP contribution is 2.31. The van der Waals surface area contributed by atoms with Crippen LogP contribution >= 0.6 is 11.6 Å². The number of rotatable bonds is 2. The third-order valence-corrected chi connectivity index (χ3v) is 5.94. The van der Waals surface area contributed by atoms with Crippen LogP contribution in [0.3, 0.4) is 0 Å². The highest BCUT2D eigenvalue weighted by molar-refractivity contribution is 6.32. The predicted molar refractivity (Wildman–Crippen MR) is 118 cm³/mol. The van der Waals surface area contributed by atoms with E-state index in [1.54, 1.807) is 6.20 Å². The van der Waals surface area contributed by atoms with Crippen LogP contribution in [0.5, 0.6) is 0 Å². The first kappa shape index (κ1) is 19.1. The minimum atomic E-state index is 0.124. The van der Waals surface area contributed by atoms with E-state index in [2.05, 4.69) is 72.3 Å². The van der Waals surface area contributed by atoms with Gasteiger partial charge in [0.05, 0.1) is 16.1 Å². The van der Waals surface area contributed by atoms with E-state index in [9.17, 15) is 0 Å². The number of aryl methyl sites for hydroxylation is 1. The van der Waals surface area contributed by atoms with Gasteiger partial charge in [-0.05, 0) is 42.2 Å². The molecule has 3 aromatic rings. The molecule has 3 heterocycles. The molecule has 5 nitrogen and oxygen atoms in total. The van der Waals surface area contributed by atoms with Gasteiger partial charge in [0.2, 0.25) is 5.95 Å². The molecule has 2 aromatic heterocycles. The van der Waals surface area contributed by atoms with E-state index in [1.807, 2.05) is 12.1 Å². The van der Waals surface area contributed by atoms with E-state index in [4.69, 9.17) is 16.6 Å². The summed E-state index contributed by atoms with van der Waals surface area (Å²) in [5, 5.41) is 0.709. The third kappa shape index (κ3) is 3.32. The van der Waals surface area contributed by atoms with Crippen molar-refractivity contribution in [2.75, 3.05) is 29.4 Å². The number of aromatic nitrogens is 3. The van der Waals surface area contributed by atoms with E-state index in [1.165, 1.54) is 11.1 Å². The molecule has 0 spiro atoms. The number of hydrogen-bond donors (Lipinski definition) is 0. The zero-order chi connectivity index (χ0) is 20.1. The van der Waals surface area contributed by atoms with E-state index in [0.717, 1.165) is 36.9 Å². The van der Waals surface area contributed by atoms with Gasteiger partial charge in [-0.15, -0.1) is 0 Å². The second-order valence-electron chi connectivity index (χ2n) is 8.72. The number of pyridine rings is 1. The number of anilines is 2. The summed E-state index contributed by atoms with van der Waals surface area (Å²) in [5.41, 5.74) is 3.69. The number of piperazine rings is 1. The third-order valence-electron chi connectivity index (χ3n) is 5.65. The van der Waals surface area contributed by atoms with E-state index in [0.29, 0.717) is 11.1 Å². The van der Waals surface area contributed by atoms with Crippen LogP contribution in [0.2, 0.25) is 5.02 Å². The van der Waals surface area contributed by atoms with E-state index >= 15 is 0 Å². The molecule has 1 aliphatic rings. The van der Waals surface area contributed by atoms with Crippen LogP contribution in [0.15, 0.2) is 36.5 Å². The maximum absolute atomic E-state index is 6.35. The Labute approximate surface area is 171 Å². The topological polar surface area (TPSA) is 37.2 Å². The predicted octanol–water partition coefficient (Wildman–Crippen LogP) is 4.63. The lowest BCUT2D eigenvalue weighted by atomic mass is 9.87. The van der Waals surface area contributed by atoms with Crippen molar-refractivity contribution < 1.29 is 0 Å². The maximum Gasteiger partial charge on any atom is 0.206 e. The first-order valence-electron chi connectivity index (χ1n) is 9.85. The van der Waals surface area contributed by atoms with Crippen LogP contribution < -0.4 is 9.80 Å². The summed E-state index contributed by atoms with van der Waals surface area (Å²) >= 11 is 6.35. The molecule has 0 N–H and O–H groups in total. The van der Waals surface area contributed by atoms with Gasteiger partial charge in [0, 0.05) is 38.9 Å². The first-order chi connectivity index (χ1) is 13.3. The van der Waals surface area contributed by atoms with Gasteiger partial charge in [0.15, 0.2) is 0 Å². The molecule has 0 amide bonds. The van der Waals surface area contributed by atoms with Crippen molar-refractivity contribution in [1.29, 1.82) is 0 Å². The summed E-state index contributed by atoms with van der Waals surface area (Å²) in [6, 6.07) is 10.7. The highest BCUT2D eigenvalue weighted by Gasteiger charge is 2.29. The Bertz CT molecular complexity index is 1000. The van der Waals surface area contributed by atoms with Gasteiger partial charge in [0.25, 0.3) is 0 Å². The standard InChI is InChI=1S/C22H28ClN5/c1-15-14-27(20-17(23)7-6-10-24-20)11-12-28(15)21-25-18-9-8-16(22(2,3)4)13-19(18)26(21)5/h6-10,13,15H,11-12,14H2,1-5H3/t15-/m1/s1. The Kier molecular flexibility index (Phi) is 4.74. The molecule has 0 aliphatic carbocycles. The van der Waals surface area contributed by atoms with Gasteiger partial charge in [-0.25, -0.2) is 9.97 Å². The summed E-state index contributed by atoms with van der Waals surface area (Å²) in [7, 11) is 2.12. The molecule has 1 aromatic carbocycles. The molecule has 1 atom stereocenters. The molecule has 1 aliphatic heterocycles. The number of halogens is 1. The molecule has 148 valence electrons. The van der Waals surface area contributed by atoms with Crippen LogP contribution in [-0.2, 0) is 12.5 Å². The minimum Gasteiger partial charge on any atom is -0.352 e. The number of benzene rings is 1. The molecule has 0 unspecified atom stereocenters. The molecule has 0 saturated carbocycles. The fourth-order valence-corrected chi connectivity index (χ4v) is 4.20. The number of fused-ring (bicyclic) bond motifs is 1. The SMILES string of the molecule is C[C@@H]1CN(c2ncccc2Cl)CCN1c1nc2ccc(C(C)(C)C)cc2n1C. The minimum absolute atomic E-state index is 0.124. The lowest BCUT2D eigenvalue weighted by molar-refractivity contribution is 0.533. The summed E-state index contributed by atoms with van der Waals surface area (Å²) in [4.78, 5) is 14.1. The first-order valence-corrected chi connectivity index (χ1v) is 10.2. The maximum atomic E-state index is 6.35. The molecule has 1 saturated heterocycles. The number of nitrogens with zero attached hydrogens (tertiary/aromatic N) is 5. The van der Waals surface area contributed by atoms with Gasteiger partial charge in [-0.3, -0.25) is 0 Å². The summed E-state index contributed by atoms with van der Waals surface area (Å²) in [6.45, 7) is 11.6. The Morgan fingerprint density at radius 2 is 1.93 bits per heavy atom. The van der Waals surface area contributed by atoms with Crippen LogP contribution in [0.1, 0.15) is 33.3 Å². The summed E-state index contributed by atoms with van der Waals surface area (Å²) in [5.74, 6) is 1.90. The van der Waals surface area contributed by atoms with Gasteiger partial charge in [0.1, 0.15) is 5.82 Å². The second-order valence-corrected chi connectivity index (χ2v) is 9.13. The molecule has 4 rings (SSSR count). The Morgan fingerprint density at radius 1 is 1.14 bits per heavy atom. The average molecular weight is 398 g/mol. The Balaban J connectivity index is 1.62. The lowest BCUT2D eigenvalue weighted by Gasteiger charge is -2.41. The van der Waals surface area contributed by atoms with Gasteiger partial charge in [-0.1, -0.05) is 38.4 Å². The van der Waals surface area contributed by atoms with E-state index < -0.39 is 0 Å². The monoisotopic (exact) mass is 397 g/mol. The van der Waals surface area contributed by atoms with Crippen LogP contribution in [0, 0.1) is 0 Å². The normalized spacial score (nSPS) is 18.1. The smallest absolute Gasteiger partial charge is 0.206 e. The van der Waals surface area contributed by atoms with Crippen molar-refractivity contribution in [2.45, 2.75) is 39.2 Å². The van der Waals surface area contributed by atoms with Crippen molar-refractivity contribution in [1.82, 2.24) is 14.5 Å². The summed E-state index contributed by atoms with van der Waals surface area (Å²) < 4.78 is 2.23. The van der Waals surface area contributed by atoms with Gasteiger partial charge < -0.3 is 14.4 Å². The highest BCUT2D eigenvalue weighted by atomic mass is 35.5. The number of hydrogen-bond acceptors (Lipinski definition) is 4. The largest absolute Gasteiger partial charge is 0.352 e. The van der Waals surface area contributed by atoms with Crippen molar-refractivity contribution in [3.8, 4) is 0 Å². The molecular formula is C22H28ClN5. The molecular weight excluding hydrogens is 370 g/mol. The fraction of sp³-hybridized carbons (Fsp3) is 0.455. The van der Waals surface area contributed by atoms with Crippen molar-refractivity contribution >= 4 is 34.4 Å². The zero-order valence-electron chi connectivity index (χ0n) is 17.3. The molecule has 28 heavy (non-hydrogen) atoms. The van der Waals surface area contributed by atoms with Crippen LogP contribution in [0.25, 0.3) is 11.0 Å². The van der Waals surface area contributed by atoms with E-state index in [-0.39, 0.29) is 5.41 Å². The van der Waals surface area contributed by atoms with Gasteiger partial charge in [-0.2, -0.15) is 0 Å². The van der Waals surface area contributed by atoms with Gasteiger partial charge >= 0.3 is 0 Å². The van der Waals surface area contributed by atoms with Crippen molar-refractivity contribution in [3.63, 3.8) is 0 Å². The second kappa shape index (κ2) is 6.96. The van der Waals surface area contributed by atoms with Crippen molar-refractivity contribution in [2.24, 2.45) is 7.05 Å². The molecule has 0 radical (unpaired) electrons. The molecule has 0 bridgehead atoms. The average Bonchev–Trinajstić information content (AvgIpc) is 2.97. The molecule has 1 fully saturated rings. The zero-order valence-corrected chi connectivity index (χ0v) is 18.0. The molecule has 6 heteroatoms. The number of imidazole rings is 1. The van der Waals surface area contributed by atoms with Crippen LogP contribution in [-0.4, -0.2) is 40.2 Å². The Hall–Kier alpha value is -2.27. The Morgan fingerprint density at radius 3 is 2.61 bits per heavy atom. The summed E-state index contributed by atoms with van der Waals surface area (Å²) in [6.07, 6.45) is 1.80.